The molecule has 2 aromatic rings. The van der Waals surface area contributed by atoms with E-state index in [0.29, 0.717) is 10.0 Å². The number of aryl methyl sites for hydroxylation is 1. The molecule has 2 rings (SSSR count). The average molecular weight is 369 g/mol. The number of rotatable bonds is 2. The Morgan fingerprint density at radius 1 is 1.00 bits per heavy atom. The van der Waals surface area contributed by atoms with E-state index in [1.165, 1.54) is 25.1 Å². The second kappa shape index (κ2) is 7.70. The van der Waals surface area contributed by atoms with Gasteiger partial charge in [-0.25, -0.2) is 14.0 Å². The quantitative estimate of drug-likeness (QED) is 0.828. The van der Waals surface area contributed by atoms with Gasteiger partial charge in [-0.1, -0.05) is 18.2 Å². The maximum atomic E-state index is 12.3. The summed E-state index contributed by atoms with van der Waals surface area (Å²) in [7, 11) is 0. The van der Waals surface area contributed by atoms with Crippen LogP contribution < -0.4 is 0 Å². The lowest BCUT2D eigenvalue weighted by Gasteiger charge is -2.06. The summed E-state index contributed by atoms with van der Waals surface area (Å²) < 4.78 is 12.7. The third-order valence-corrected chi connectivity index (χ3v) is 3.60. The molecule has 2 N–H and O–H groups in total. The molecular formula is C16H14BrFO4. The Kier molecular flexibility index (Phi) is 6.24. The van der Waals surface area contributed by atoms with E-state index >= 15 is 0 Å². The lowest BCUT2D eigenvalue weighted by atomic mass is 10.0. The van der Waals surface area contributed by atoms with E-state index in [1.807, 2.05) is 6.07 Å². The first kappa shape index (κ1) is 17.8. The van der Waals surface area contributed by atoms with Crippen molar-refractivity contribution in [3.8, 4) is 0 Å². The van der Waals surface area contributed by atoms with Crippen LogP contribution in [0, 0.1) is 19.7 Å². The van der Waals surface area contributed by atoms with Crippen molar-refractivity contribution in [3.63, 3.8) is 0 Å². The summed E-state index contributed by atoms with van der Waals surface area (Å²) in [4.78, 5) is 21.5. The molecule has 0 aliphatic rings. The highest BCUT2D eigenvalue weighted by molar-refractivity contribution is 9.10. The van der Waals surface area contributed by atoms with Crippen molar-refractivity contribution in [2.45, 2.75) is 13.8 Å². The number of carboxylic acid groups (broad SMARTS) is 2. The van der Waals surface area contributed by atoms with Gasteiger partial charge in [0.2, 0.25) is 0 Å². The minimum atomic E-state index is -1.14. The maximum Gasteiger partial charge on any atom is 0.337 e. The predicted octanol–water partition coefficient (Wildman–Crippen LogP) is 4.29. The number of halogens is 2. The van der Waals surface area contributed by atoms with Gasteiger partial charge in [-0.15, -0.1) is 0 Å². The highest BCUT2D eigenvalue weighted by Gasteiger charge is 2.17. The minimum Gasteiger partial charge on any atom is -0.478 e. The normalized spacial score (nSPS) is 9.64. The summed E-state index contributed by atoms with van der Waals surface area (Å²) in [6, 6.07) is 9.49. The van der Waals surface area contributed by atoms with Crippen LogP contribution in [-0.4, -0.2) is 22.2 Å². The van der Waals surface area contributed by atoms with Crippen LogP contribution in [0.1, 0.15) is 31.8 Å². The Morgan fingerprint density at radius 2 is 1.59 bits per heavy atom. The molecular weight excluding hydrogens is 355 g/mol. The molecule has 2 aromatic carbocycles. The second-order valence-electron chi connectivity index (χ2n) is 4.45. The Balaban J connectivity index is 0.000000255. The summed E-state index contributed by atoms with van der Waals surface area (Å²) in [5.74, 6) is -2.40. The first-order chi connectivity index (χ1) is 10.3. The van der Waals surface area contributed by atoms with Gasteiger partial charge in [0.1, 0.15) is 5.82 Å². The molecule has 0 aliphatic carbocycles. The van der Waals surface area contributed by atoms with E-state index < -0.39 is 11.9 Å². The van der Waals surface area contributed by atoms with Crippen LogP contribution in [0.2, 0.25) is 0 Å². The molecule has 0 saturated carbocycles. The van der Waals surface area contributed by atoms with Crippen LogP contribution in [0.25, 0.3) is 0 Å². The van der Waals surface area contributed by atoms with E-state index in [2.05, 4.69) is 15.9 Å². The van der Waals surface area contributed by atoms with Crippen molar-refractivity contribution >= 4 is 27.9 Å². The summed E-state index contributed by atoms with van der Waals surface area (Å²) in [6.07, 6.45) is 0. The first-order valence-electron chi connectivity index (χ1n) is 6.22. The van der Waals surface area contributed by atoms with Crippen molar-refractivity contribution in [1.29, 1.82) is 0 Å². The smallest absolute Gasteiger partial charge is 0.337 e. The van der Waals surface area contributed by atoms with Crippen LogP contribution in [0.4, 0.5) is 4.39 Å². The molecule has 0 bridgehead atoms. The van der Waals surface area contributed by atoms with Gasteiger partial charge in [0.05, 0.1) is 11.1 Å². The average Bonchev–Trinajstić information content (AvgIpc) is 2.42. The zero-order valence-corrected chi connectivity index (χ0v) is 13.5. The van der Waals surface area contributed by atoms with Crippen LogP contribution in [0.15, 0.2) is 40.9 Å². The SMILES string of the molecule is Cc1c(C(=O)O)ccc(Br)c1C(=O)O.Cc1ccccc1F. The van der Waals surface area contributed by atoms with Crippen molar-refractivity contribution < 1.29 is 24.2 Å². The van der Waals surface area contributed by atoms with Crippen LogP contribution in [0.5, 0.6) is 0 Å². The van der Waals surface area contributed by atoms with Gasteiger partial charge in [-0.2, -0.15) is 0 Å². The van der Waals surface area contributed by atoms with Gasteiger partial charge in [0.25, 0.3) is 0 Å². The third-order valence-electron chi connectivity index (χ3n) is 2.94. The van der Waals surface area contributed by atoms with Gasteiger partial charge in [0, 0.05) is 4.47 Å². The topological polar surface area (TPSA) is 74.6 Å². The molecule has 0 aliphatic heterocycles. The molecule has 22 heavy (non-hydrogen) atoms. The molecule has 0 spiro atoms. The molecule has 0 saturated heterocycles. The van der Waals surface area contributed by atoms with E-state index in [4.69, 9.17) is 10.2 Å². The van der Waals surface area contributed by atoms with Gasteiger partial charge >= 0.3 is 11.9 Å². The Hall–Kier alpha value is -2.21. The molecule has 6 heteroatoms. The lowest BCUT2D eigenvalue weighted by molar-refractivity contribution is 0.0695. The van der Waals surface area contributed by atoms with E-state index in [9.17, 15) is 14.0 Å². The highest BCUT2D eigenvalue weighted by Crippen LogP contribution is 2.23. The molecule has 4 nitrogen and oxygen atoms in total. The van der Waals surface area contributed by atoms with Gasteiger partial charge in [-0.05, 0) is 59.1 Å². The van der Waals surface area contributed by atoms with Crippen LogP contribution >= 0.6 is 15.9 Å². The number of carboxylic acids is 2. The number of benzene rings is 2. The second-order valence-corrected chi connectivity index (χ2v) is 5.31. The fourth-order valence-corrected chi connectivity index (χ4v) is 2.32. The van der Waals surface area contributed by atoms with Crippen molar-refractivity contribution in [3.05, 3.63) is 68.9 Å². The number of hydrogen-bond acceptors (Lipinski definition) is 2. The van der Waals surface area contributed by atoms with Crippen molar-refractivity contribution in [2.75, 3.05) is 0 Å². The monoisotopic (exact) mass is 368 g/mol. The Bertz CT molecular complexity index is 692. The highest BCUT2D eigenvalue weighted by atomic mass is 79.9. The summed E-state index contributed by atoms with van der Waals surface area (Å²) in [5, 5.41) is 17.6. The number of aromatic carboxylic acids is 2. The molecule has 0 unspecified atom stereocenters. The fourth-order valence-electron chi connectivity index (χ4n) is 1.72. The lowest BCUT2D eigenvalue weighted by Crippen LogP contribution is -2.07. The van der Waals surface area contributed by atoms with E-state index in [0.717, 1.165) is 0 Å². The summed E-state index contributed by atoms with van der Waals surface area (Å²) in [6.45, 7) is 3.22. The van der Waals surface area contributed by atoms with Crippen LogP contribution in [-0.2, 0) is 0 Å². The summed E-state index contributed by atoms with van der Waals surface area (Å²) >= 11 is 3.06. The van der Waals surface area contributed by atoms with Crippen molar-refractivity contribution in [2.24, 2.45) is 0 Å². The zero-order valence-electron chi connectivity index (χ0n) is 11.9. The van der Waals surface area contributed by atoms with E-state index in [-0.39, 0.29) is 22.5 Å². The summed E-state index contributed by atoms with van der Waals surface area (Å²) in [5.41, 5.74) is 0.947. The number of carbonyl (C=O) groups is 2. The Labute approximate surface area is 135 Å². The molecule has 0 heterocycles. The molecule has 0 atom stereocenters. The first-order valence-corrected chi connectivity index (χ1v) is 7.01. The van der Waals surface area contributed by atoms with Gasteiger partial charge < -0.3 is 10.2 Å². The third kappa shape index (κ3) is 4.39. The maximum absolute atomic E-state index is 12.3. The number of hydrogen-bond donors (Lipinski definition) is 2. The molecule has 0 radical (unpaired) electrons. The van der Waals surface area contributed by atoms with E-state index in [1.54, 1.807) is 19.1 Å². The Morgan fingerprint density at radius 3 is 2.00 bits per heavy atom. The fraction of sp³-hybridized carbons (Fsp3) is 0.125. The standard InChI is InChI=1S/C9H7BrO4.C7H7F/c1-4-5(8(11)12)2-3-6(10)7(4)9(13)14;1-6-4-2-3-5-7(6)8/h2-3H,1H3,(H,11,12)(H,13,14);2-5H,1H3. The molecule has 0 fully saturated rings. The largest absolute Gasteiger partial charge is 0.478 e. The zero-order chi connectivity index (χ0) is 16.9. The van der Waals surface area contributed by atoms with Gasteiger partial charge in [-0.3, -0.25) is 0 Å². The molecule has 116 valence electrons. The minimum absolute atomic E-state index is 0.00519. The molecule has 0 aromatic heterocycles. The predicted molar refractivity (Wildman–Crippen MR) is 83.9 cm³/mol. The van der Waals surface area contributed by atoms with Crippen molar-refractivity contribution in [1.82, 2.24) is 0 Å². The van der Waals surface area contributed by atoms with Gasteiger partial charge in [0.15, 0.2) is 0 Å². The molecule has 0 amide bonds. The van der Waals surface area contributed by atoms with Crippen LogP contribution in [0.3, 0.4) is 0 Å².